The Bertz CT molecular complexity index is 711. The molecule has 0 aromatic carbocycles. The number of hydrogen-bond acceptors (Lipinski definition) is 5. The molecule has 6 nitrogen and oxygen atoms in total. The summed E-state index contributed by atoms with van der Waals surface area (Å²) in [5.41, 5.74) is 8.85. The molecule has 1 aliphatic carbocycles. The molecule has 1 unspecified atom stereocenters. The molecule has 0 spiro atoms. The molecule has 0 saturated heterocycles. The quantitative estimate of drug-likeness (QED) is 0.887. The molecule has 1 fully saturated rings. The Morgan fingerprint density at radius 2 is 2.00 bits per heavy atom. The van der Waals surface area contributed by atoms with Crippen LogP contribution in [0.25, 0.3) is 11.1 Å². The van der Waals surface area contributed by atoms with Gasteiger partial charge in [0, 0.05) is 17.3 Å². The highest BCUT2D eigenvalue weighted by Crippen LogP contribution is 2.30. The third-order valence-electron chi connectivity index (χ3n) is 5.21. The van der Waals surface area contributed by atoms with Crippen molar-refractivity contribution < 1.29 is 9.32 Å². The van der Waals surface area contributed by atoms with E-state index in [0.29, 0.717) is 5.82 Å². The fourth-order valence-electron chi connectivity index (χ4n) is 3.58. The third kappa shape index (κ3) is 3.90. The van der Waals surface area contributed by atoms with Crippen molar-refractivity contribution in [3.63, 3.8) is 0 Å². The number of aryl methyl sites for hydroxylation is 2. The van der Waals surface area contributed by atoms with Crippen molar-refractivity contribution in [2.75, 3.05) is 5.32 Å². The molecule has 134 valence electrons. The lowest BCUT2D eigenvalue weighted by Gasteiger charge is -2.29. The predicted molar refractivity (Wildman–Crippen MR) is 96.9 cm³/mol. The van der Waals surface area contributed by atoms with Crippen LogP contribution in [-0.2, 0) is 4.79 Å². The number of carbonyl (C=O) groups is 1. The van der Waals surface area contributed by atoms with Crippen LogP contribution in [0.5, 0.6) is 0 Å². The summed E-state index contributed by atoms with van der Waals surface area (Å²) in [6.45, 7) is 6.02. The molecule has 2 aromatic rings. The highest BCUT2D eigenvalue weighted by molar-refractivity contribution is 5.94. The summed E-state index contributed by atoms with van der Waals surface area (Å²) in [7, 11) is 0. The molecule has 3 N–H and O–H groups in total. The van der Waals surface area contributed by atoms with E-state index < -0.39 is 6.04 Å². The number of pyridine rings is 1. The van der Waals surface area contributed by atoms with Gasteiger partial charge in [-0.2, -0.15) is 0 Å². The first-order valence-corrected chi connectivity index (χ1v) is 8.91. The first-order valence-electron chi connectivity index (χ1n) is 8.91. The SMILES string of the molecule is Cc1noc(C)c1-c1ccc(NC(=O)C(N)C2CCC(C)CC2)nc1. The monoisotopic (exact) mass is 342 g/mol. The molecule has 25 heavy (non-hydrogen) atoms. The maximum Gasteiger partial charge on any atom is 0.242 e. The smallest absolute Gasteiger partial charge is 0.242 e. The van der Waals surface area contributed by atoms with Gasteiger partial charge >= 0.3 is 0 Å². The van der Waals surface area contributed by atoms with Gasteiger partial charge in [0.25, 0.3) is 0 Å². The van der Waals surface area contributed by atoms with Crippen LogP contribution in [-0.4, -0.2) is 22.1 Å². The Balaban J connectivity index is 1.64. The Morgan fingerprint density at radius 3 is 2.56 bits per heavy atom. The molecule has 0 aliphatic heterocycles. The van der Waals surface area contributed by atoms with E-state index >= 15 is 0 Å². The van der Waals surface area contributed by atoms with Crippen LogP contribution in [0.3, 0.4) is 0 Å². The summed E-state index contributed by atoms with van der Waals surface area (Å²) < 4.78 is 5.19. The maximum absolute atomic E-state index is 12.4. The van der Waals surface area contributed by atoms with Gasteiger partial charge in [-0.05, 0) is 50.7 Å². The molecule has 2 heterocycles. The fourth-order valence-corrected chi connectivity index (χ4v) is 3.58. The van der Waals surface area contributed by atoms with Gasteiger partial charge in [-0.3, -0.25) is 4.79 Å². The van der Waals surface area contributed by atoms with Gasteiger partial charge in [0.1, 0.15) is 11.6 Å². The van der Waals surface area contributed by atoms with Crippen molar-refractivity contribution in [2.45, 2.75) is 52.5 Å². The summed E-state index contributed by atoms with van der Waals surface area (Å²) in [5, 5.41) is 6.79. The van der Waals surface area contributed by atoms with Crippen LogP contribution in [0.2, 0.25) is 0 Å². The maximum atomic E-state index is 12.4. The summed E-state index contributed by atoms with van der Waals surface area (Å²) in [6, 6.07) is 3.22. The number of amides is 1. The Labute approximate surface area is 148 Å². The number of anilines is 1. The topological polar surface area (TPSA) is 94.0 Å². The number of hydrogen-bond donors (Lipinski definition) is 2. The second kappa shape index (κ2) is 7.35. The molecule has 6 heteroatoms. The van der Waals surface area contributed by atoms with Crippen molar-refractivity contribution in [3.05, 3.63) is 29.8 Å². The normalized spacial score (nSPS) is 21.8. The van der Waals surface area contributed by atoms with Gasteiger partial charge in [-0.25, -0.2) is 4.98 Å². The number of rotatable bonds is 4. The molecular formula is C19H26N4O2. The van der Waals surface area contributed by atoms with E-state index in [9.17, 15) is 4.79 Å². The number of nitrogens with one attached hydrogen (secondary N) is 1. The van der Waals surface area contributed by atoms with E-state index in [0.717, 1.165) is 54.2 Å². The van der Waals surface area contributed by atoms with Crippen LogP contribution in [0, 0.1) is 25.7 Å². The molecular weight excluding hydrogens is 316 g/mol. The average molecular weight is 342 g/mol. The summed E-state index contributed by atoms with van der Waals surface area (Å²) in [6.07, 6.45) is 6.06. The number of nitrogens with two attached hydrogens (primary N) is 1. The van der Waals surface area contributed by atoms with Gasteiger partial charge in [0.15, 0.2) is 0 Å². The average Bonchev–Trinajstić information content (AvgIpc) is 2.94. The first-order chi connectivity index (χ1) is 12.0. The lowest BCUT2D eigenvalue weighted by molar-refractivity contribution is -0.118. The van der Waals surface area contributed by atoms with E-state index in [4.69, 9.17) is 10.3 Å². The Morgan fingerprint density at radius 1 is 1.28 bits per heavy atom. The first kappa shape index (κ1) is 17.6. The molecule has 0 bridgehead atoms. The summed E-state index contributed by atoms with van der Waals surface area (Å²) in [5.74, 6) is 2.12. The third-order valence-corrected chi connectivity index (χ3v) is 5.21. The number of nitrogens with zero attached hydrogens (tertiary/aromatic N) is 2. The van der Waals surface area contributed by atoms with E-state index in [1.54, 1.807) is 12.3 Å². The zero-order valence-electron chi connectivity index (χ0n) is 15.1. The highest BCUT2D eigenvalue weighted by atomic mass is 16.5. The van der Waals surface area contributed by atoms with E-state index in [1.165, 1.54) is 0 Å². The Hall–Kier alpha value is -2.21. The van der Waals surface area contributed by atoms with Crippen LogP contribution in [0.1, 0.15) is 44.1 Å². The second-order valence-corrected chi connectivity index (χ2v) is 7.17. The van der Waals surface area contributed by atoms with Gasteiger partial charge in [0.05, 0.1) is 11.7 Å². The lowest BCUT2D eigenvalue weighted by atomic mass is 9.79. The van der Waals surface area contributed by atoms with E-state index in [1.807, 2.05) is 19.9 Å². The Kier molecular flexibility index (Phi) is 5.18. The molecule has 3 rings (SSSR count). The number of aromatic nitrogens is 2. The van der Waals surface area contributed by atoms with Crippen molar-refractivity contribution >= 4 is 11.7 Å². The lowest BCUT2D eigenvalue weighted by Crippen LogP contribution is -2.43. The minimum atomic E-state index is -0.475. The molecule has 1 amide bonds. The standard InChI is InChI=1S/C19H26N4O2/c1-11-4-6-14(7-5-11)18(20)19(24)22-16-9-8-15(10-21-16)17-12(2)23-25-13(17)3/h8-11,14,18H,4-7,20H2,1-3H3,(H,21,22,24). The number of carbonyl (C=O) groups excluding carboxylic acids is 1. The van der Waals surface area contributed by atoms with E-state index in [2.05, 4.69) is 22.4 Å². The molecule has 1 atom stereocenters. The van der Waals surface area contributed by atoms with Crippen LogP contribution in [0.15, 0.2) is 22.9 Å². The molecule has 2 aromatic heterocycles. The van der Waals surface area contributed by atoms with Gasteiger partial charge in [0.2, 0.25) is 5.91 Å². The van der Waals surface area contributed by atoms with Crippen LogP contribution >= 0.6 is 0 Å². The second-order valence-electron chi connectivity index (χ2n) is 7.17. The minimum absolute atomic E-state index is 0.155. The molecule has 1 saturated carbocycles. The largest absolute Gasteiger partial charge is 0.361 e. The summed E-state index contributed by atoms with van der Waals surface area (Å²) >= 11 is 0. The van der Waals surface area contributed by atoms with Gasteiger partial charge in [-0.15, -0.1) is 0 Å². The molecule has 1 aliphatic rings. The van der Waals surface area contributed by atoms with E-state index in [-0.39, 0.29) is 11.8 Å². The van der Waals surface area contributed by atoms with Gasteiger partial charge < -0.3 is 15.6 Å². The van der Waals surface area contributed by atoms with Crippen molar-refractivity contribution in [1.29, 1.82) is 0 Å². The fraction of sp³-hybridized carbons (Fsp3) is 0.526. The molecule has 0 radical (unpaired) electrons. The van der Waals surface area contributed by atoms with Crippen LogP contribution < -0.4 is 11.1 Å². The predicted octanol–water partition coefficient (Wildman–Crippen LogP) is 3.45. The zero-order chi connectivity index (χ0) is 18.0. The van der Waals surface area contributed by atoms with Crippen LogP contribution in [0.4, 0.5) is 5.82 Å². The zero-order valence-corrected chi connectivity index (χ0v) is 15.1. The van der Waals surface area contributed by atoms with Crippen molar-refractivity contribution in [3.8, 4) is 11.1 Å². The highest BCUT2D eigenvalue weighted by Gasteiger charge is 2.28. The summed E-state index contributed by atoms with van der Waals surface area (Å²) in [4.78, 5) is 16.8. The van der Waals surface area contributed by atoms with Crippen molar-refractivity contribution in [1.82, 2.24) is 10.1 Å². The van der Waals surface area contributed by atoms with Gasteiger partial charge in [-0.1, -0.05) is 24.9 Å². The minimum Gasteiger partial charge on any atom is -0.361 e. The van der Waals surface area contributed by atoms with Crippen molar-refractivity contribution in [2.24, 2.45) is 17.6 Å².